The Kier molecular flexibility index (Phi) is 6.04. The maximum Gasteiger partial charge on any atom is 0.416 e. The van der Waals surface area contributed by atoms with Crippen LogP contribution in [0.5, 0.6) is 0 Å². The van der Waals surface area contributed by atoms with Crippen molar-refractivity contribution in [3.05, 3.63) is 34.9 Å². The maximum atomic E-state index is 13.0. The number of aliphatic hydroxyl groups is 1. The lowest BCUT2D eigenvalue weighted by Crippen LogP contribution is -2.39. The van der Waals surface area contributed by atoms with E-state index in [1.54, 1.807) is 0 Å². The highest BCUT2D eigenvalue weighted by molar-refractivity contribution is 5.34. The topological polar surface area (TPSA) is 23.5 Å². The number of nitrogens with zero attached hydrogens (tertiary/aromatic N) is 1. The second-order valence-electron chi connectivity index (χ2n) is 6.42. The average Bonchev–Trinajstić information content (AvgIpc) is 2.88. The Morgan fingerprint density at radius 3 is 1.92 bits per heavy atom. The van der Waals surface area contributed by atoms with E-state index >= 15 is 0 Å². The van der Waals surface area contributed by atoms with Gasteiger partial charge < -0.3 is 5.11 Å². The summed E-state index contributed by atoms with van der Waals surface area (Å²) in [7, 11) is 0. The molecule has 0 spiro atoms. The van der Waals surface area contributed by atoms with Gasteiger partial charge in [-0.1, -0.05) is 6.92 Å². The van der Waals surface area contributed by atoms with Gasteiger partial charge in [-0.25, -0.2) is 0 Å². The summed E-state index contributed by atoms with van der Waals surface area (Å²) in [5, 5.41) is 9.41. The predicted octanol–water partition coefficient (Wildman–Crippen LogP) is 4.50. The highest BCUT2D eigenvalue weighted by Crippen LogP contribution is 2.37. The van der Waals surface area contributed by atoms with Gasteiger partial charge in [-0.15, -0.1) is 0 Å². The van der Waals surface area contributed by atoms with E-state index in [-0.39, 0.29) is 36.7 Å². The van der Waals surface area contributed by atoms with Crippen LogP contribution in [0.4, 0.5) is 26.3 Å². The number of alkyl halides is 6. The maximum absolute atomic E-state index is 13.0. The molecule has 0 radical (unpaired) electrons. The number of benzene rings is 1. The summed E-state index contributed by atoms with van der Waals surface area (Å²) in [4.78, 5) is 1.99. The van der Waals surface area contributed by atoms with Crippen LogP contribution in [-0.2, 0) is 18.8 Å². The van der Waals surface area contributed by atoms with Gasteiger partial charge in [-0.2, -0.15) is 26.3 Å². The van der Waals surface area contributed by atoms with E-state index in [9.17, 15) is 31.4 Å². The van der Waals surface area contributed by atoms with Crippen molar-refractivity contribution >= 4 is 0 Å². The van der Waals surface area contributed by atoms with Gasteiger partial charge in [-0.05, 0) is 56.0 Å². The quantitative estimate of drug-likeness (QED) is 0.773. The first-order valence-electron chi connectivity index (χ1n) is 8.21. The number of likely N-dealkylation sites (tertiary alicyclic amines) is 1. The van der Waals surface area contributed by atoms with Crippen LogP contribution in [-0.4, -0.2) is 35.2 Å². The van der Waals surface area contributed by atoms with Crippen LogP contribution in [0, 0.1) is 0 Å². The first-order chi connectivity index (χ1) is 11.6. The van der Waals surface area contributed by atoms with E-state index in [1.165, 1.54) is 0 Å². The standard InChI is InChI=1S/C17H21F6NO/c1-2-5-24-14(3-4-15(24)10-25)8-11-6-12(16(18,19)20)9-13(7-11)17(21,22)23/h6-7,9,14-15,25H,2-5,8,10H2,1H3. The summed E-state index contributed by atoms with van der Waals surface area (Å²) >= 11 is 0. The lowest BCUT2D eigenvalue weighted by molar-refractivity contribution is -0.143. The number of rotatable bonds is 5. The second-order valence-corrected chi connectivity index (χ2v) is 6.42. The van der Waals surface area contributed by atoms with Crippen LogP contribution in [0.3, 0.4) is 0 Å². The minimum atomic E-state index is -4.83. The number of hydrogen-bond acceptors (Lipinski definition) is 2. The van der Waals surface area contributed by atoms with E-state index in [0.717, 1.165) is 18.6 Å². The molecule has 8 heteroatoms. The Balaban J connectivity index is 2.32. The first-order valence-corrected chi connectivity index (χ1v) is 8.21. The van der Waals surface area contributed by atoms with E-state index in [2.05, 4.69) is 0 Å². The zero-order chi connectivity index (χ0) is 18.8. The molecular weight excluding hydrogens is 348 g/mol. The SMILES string of the molecule is CCCN1C(CO)CCC1Cc1cc(C(F)(F)F)cc(C(F)(F)F)c1. The van der Waals surface area contributed by atoms with Gasteiger partial charge in [0.05, 0.1) is 17.7 Å². The van der Waals surface area contributed by atoms with Gasteiger partial charge in [0.2, 0.25) is 0 Å². The molecule has 0 aliphatic carbocycles. The number of hydrogen-bond donors (Lipinski definition) is 1. The van der Waals surface area contributed by atoms with Gasteiger partial charge in [0, 0.05) is 12.1 Å². The third kappa shape index (κ3) is 4.88. The van der Waals surface area contributed by atoms with Crippen LogP contribution in [0.2, 0.25) is 0 Å². The van der Waals surface area contributed by atoms with Gasteiger partial charge in [-0.3, -0.25) is 4.90 Å². The minimum Gasteiger partial charge on any atom is -0.395 e. The number of halogens is 6. The normalized spacial score (nSPS) is 22.6. The van der Waals surface area contributed by atoms with E-state index in [0.29, 0.717) is 19.4 Å². The van der Waals surface area contributed by atoms with E-state index in [4.69, 9.17) is 0 Å². The Bertz CT molecular complexity index is 551. The monoisotopic (exact) mass is 369 g/mol. The summed E-state index contributed by atoms with van der Waals surface area (Å²) in [6, 6.07) is 1.50. The Morgan fingerprint density at radius 2 is 1.48 bits per heavy atom. The van der Waals surface area contributed by atoms with Crippen molar-refractivity contribution in [3.8, 4) is 0 Å². The molecule has 1 heterocycles. The fraction of sp³-hybridized carbons (Fsp3) is 0.647. The molecule has 0 bridgehead atoms. The highest BCUT2D eigenvalue weighted by Gasteiger charge is 2.38. The van der Waals surface area contributed by atoms with Crippen LogP contribution in [0.25, 0.3) is 0 Å². The second kappa shape index (κ2) is 7.53. The molecule has 0 aromatic heterocycles. The minimum absolute atomic E-state index is 0.0202. The molecule has 1 saturated heterocycles. The lowest BCUT2D eigenvalue weighted by atomic mass is 9.98. The van der Waals surface area contributed by atoms with Gasteiger partial charge in [0.25, 0.3) is 0 Å². The number of aliphatic hydroxyl groups excluding tert-OH is 1. The average molecular weight is 369 g/mol. The Hall–Kier alpha value is -1.28. The summed E-state index contributed by atoms with van der Waals surface area (Å²) in [6.45, 7) is 2.53. The van der Waals surface area contributed by atoms with Crippen LogP contribution < -0.4 is 0 Å². The van der Waals surface area contributed by atoms with Gasteiger partial charge in [0.15, 0.2) is 0 Å². The molecule has 1 N–H and O–H groups in total. The van der Waals surface area contributed by atoms with E-state index in [1.807, 2.05) is 11.8 Å². The first kappa shape index (κ1) is 20.0. The van der Waals surface area contributed by atoms with Crippen LogP contribution in [0.1, 0.15) is 42.9 Å². The van der Waals surface area contributed by atoms with Crippen molar-refractivity contribution in [1.82, 2.24) is 4.90 Å². The van der Waals surface area contributed by atoms with Crippen molar-refractivity contribution in [2.45, 2.75) is 57.0 Å². The highest BCUT2D eigenvalue weighted by atomic mass is 19.4. The van der Waals surface area contributed by atoms with Gasteiger partial charge in [0.1, 0.15) is 0 Å². The fourth-order valence-corrected chi connectivity index (χ4v) is 3.46. The third-order valence-electron chi connectivity index (χ3n) is 4.58. The third-order valence-corrected chi connectivity index (χ3v) is 4.58. The molecular formula is C17H21F6NO. The predicted molar refractivity (Wildman–Crippen MR) is 81.0 cm³/mol. The zero-order valence-electron chi connectivity index (χ0n) is 13.8. The molecule has 25 heavy (non-hydrogen) atoms. The molecule has 1 aliphatic heterocycles. The van der Waals surface area contributed by atoms with Crippen molar-refractivity contribution < 1.29 is 31.4 Å². The molecule has 1 aromatic rings. The van der Waals surface area contributed by atoms with Crippen molar-refractivity contribution in [3.63, 3.8) is 0 Å². The zero-order valence-corrected chi connectivity index (χ0v) is 13.8. The molecule has 0 saturated carbocycles. The fourth-order valence-electron chi connectivity index (χ4n) is 3.46. The molecule has 1 aromatic carbocycles. The largest absolute Gasteiger partial charge is 0.416 e. The lowest BCUT2D eigenvalue weighted by Gasteiger charge is -2.29. The Labute approximate surface area is 142 Å². The molecule has 2 rings (SSSR count). The summed E-state index contributed by atoms with van der Waals surface area (Å²) in [6.07, 6.45) is -7.44. The Morgan fingerprint density at radius 1 is 0.960 bits per heavy atom. The van der Waals surface area contributed by atoms with Crippen LogP contribution >= 0.6 is 0 Å². The molecule has 2 unspecified atom stereocenters. The van der Waals surface area contributed by atoms with Gasteiger partial charge >= 0.3 is 12.4 Å². The molecule has 142 valence electrons. The smallest absolute Gasteiger partial charge is 0.395 e. The molecule has 1 fully saturated rings. The van der Waals surface area contributed by atoms with Crippen molar-refractivity contribution in [1.29, 1.82) is 0 Å². The van der Waals surface area contributed by atoms with Crippen LogP contribution in [0.15, 0.2) is 18.2 Å². The van der Waals surface area contributed by atoms with E-state index < -0.39 is 23.5 Å². The summed E-state index contributed by atoms with van der Waals surface area (Å²) < 4.78 is 77.7. The van der Waals surface area contributed by atoms with Crippen molar-refractivity contribution in [2.24, 2.45) is 0 Å². The molecule has 0 amide bonds. The summed E-state index contributed by atoms with van der Waals surface area (Å²) in [5.41, 5.74) is -2.54. The van der Waals surface area contributed by atoms with Crippen molar-refractivity contribution in [2.75, 3.05) is 13.2 Å². The molecule has 2 atom stereocenters. The molecule has 2 nitrogen and oxygen atoms in total. The summed E-state index contributed by atoms with van der Waals surface area (Å²) in [5.74, 6) is 0. The molecule has 1 aliphatic rings.